The Balaban J connectivity index is 0.000001000. The second-order valence-electron chi connectivity index (χ2n) is 4.01. The third-order valence-corrected chi connectivity index (χ3v) is 2.81. The average molecular weight is 315 g/mol. The Kier molecular flexibility index (Phi) is 4.75. The third-order valence-electron chi connectivity index (χ3n) is 2.81. The summed E-state index contributed by atoms with van der Waals surface area (Å²) in [5.74, 6) is -0.970. The van der Waals surface area contributed by atoms with Crippen LogP contribution in [0.2, 0.25) is 0 Å². The summed E-state index contributed by atoms with van der Waals surface area (Å²) in [4.78, 5) is 11.1. The van der Waals surface area contributed by atoms with E-state index in [2.05, 4.69) is 15.3 Å². The Morgan fingerprint density at radius 3 is 2.70 bits per heavy atom. The standard InChI is InChI=1S/C12H10N4O2.2ClH/c1-16-6-7(5-13-16)10-8-3-2-4-9(12(17)18)11(8)15-14-10;;/h2-6H,1H3,(H,14,15)(H,17,18);2*1H. The number of nitrogens with one attached hydrogen (secondary N) is 1. The molecule has 0 spiro atoms. The highest BCUT2D eigenvalue weighted by atomic mass is 35.5. The van der Waals surface area contributed by atoms with Crippen molar-refractivity contribution in [2.45, 2.75) is 0 Å². The van der Waals surface area contributed by atoms with Gasteiger partial charge in [0.25, 0.3) is 0 Å². The third kappa shape index (κ3) is 2.48. The van der Waals surface area contributed by atoms with Crippen molar-refractivity contribution >= 4 is 41.7 Å². The van der Waals surface area contributed by atoms with E-state index in [-0.39, 0.29) is 30.4 Å². The van der Waals surface area contributed by atoms with Gasteiger partial charge in [0.15, 0.2) is 0 Å². The van der Waals surface area contributed by atoms with Crippen LogP contribution in [0, 0.1) is 0 Å². The zero-order chi connectivity index (χ0) is 12.7. The first-order valence-corrected chi connectivity index (χ1v) is 5.36. The minimum Gasteiger partial charge on any atom is -0.478 e. The molecule has 0 saturated carbocycles. The minimum atomic E-state index is -0.970. The van der Waals surface area contributed by atoms with Gasteiger partial charge in [0.2, 0.25) is 0 Å². The number of para-hydroxylation sites is 1. The largest absolute Gasteiger partial charge is 0.478 e. The molecule has 20 heavy (non-hydrogen) atoms. The van der Waals surface area contributed by atoms with Crippen molar-refractivity contribution in [2.24, 2.45) is 7.05 Å². The Morgan fingerprint density at radius 2 is 2.10 bits per heavy atom. The molecule has 2 N–H and O–H groups in total. The summed E-state index contributed by atoms with van der Waals surface area (Å²) in [5.41, 5.74) is 2.31. The Hall–Kier alpha value is -2.05. The van der Waals surface area contributed by atoms with Crippen LogP contribution < -0.4 is 0 Å². The predicted octanol–water partition coefficient (Wildman–Crippen LogP) is 2.51. The molecule has 0 radical (unpaired) electrons. The normalized spacial score (nSPS) is 9.85. The zero-order valence-corrected chi connectivity index (χ0v) is 12.0. The SMILES string of the molecule is Cl.Cl.Cn1cc(-c2n[nH]c3c(C(=O)O)cccc23)cn1. The quantitative estimate of drug-likeness (QED) is 0.761. The average Bonchev–Trinajstić information content (AvgIpc) is 2.93. The fourth-order valence-corrected chi connectivity index (χ4v) is 1.98. The Labute approximate surface area is 126 Å². The van der Waals surface area contributed by atoms with Crippen molar-refractivity contribution in [3.8, 4) is 11.3 Å². The van der Waals surface area contributed by atoms with Crippen LogP contribution in [0.4, 0.5) is 0 Å². The number of aromatic nitrogens is 4. The molecule has 3 aromatic rings. The molecule has 106 valence electrons. The highest BCUT2D eigenvalue weighted by Gasteiger charge is 2.15. The maximum atomic E-state index is 11.1. The highest BCUT2D eigenvalue weighted by molar-refractivity contribution is 6.05. The van der Waals surface area contributed by atoms with Crippen LogP contribution in [0.3, 0.4) is 0 Å². The van der Waals surface area contributed by atoms with Gasteiger partial charge >= 0.3 is 5.97 Å². The highest BCUT2D eigenvalue weighted by Crippen LogP contribution is 2.27. The molecule has 2 heterocycles. The lowest BCUT2D eigenvalue weighted by atomic mass is 10.1. The van der Waals surface area contributed by atoms with Crippen molar-refractivity contribution in [1.29, 1.82) is 0 Å². The van der Waals surface area contributed by atoms with E-state index in [4.69, 9.17) is 5.11 Å². The molecule has 8 heteroatoms. The zero-order valence-electron chi connectivity index (χ0n) is 10.4. The summed E-state index contributed by atoms with van der Waals surface area (Å²) in [6, 6.07) is 5.10. The van der Waals surface area contributed by atoms with Gasteiger partial charge in [-0.25, -0.2) is 4.79 Å². The molecule has 6 nitrogen and oxygen atoms in total. The smallest absolute Gasteiger partial charge is 0.337 e. The molecule has 0 fully saturated rings. The number of benzene rings is 1. The fraction of sp³-hybridized carbons (Fsp3) is 0.0833. The number of halogens is 2. The van der Waals surface area contributed by atoms with Crippen molar-refractivity contribution < 1.29 is 9.90 Å². The monoisotopic (exact) mass is 314 g/mol. The molecule has 2 aromatic heterocycles. The van der Waals surface area contributed by atoms with Crippen LogP contribution in [0.15, 0.2) is 30.6 Å². The number of carboxylic acid groups (broad SMARTS) is 1. The Bertz CT molecular complexity index is 751. The van der Waals surface area contributed by atoms with E-state index in [1.807, 2.05) is 19.3 Å². The number of aromatic carboxylic acids is 1. The molecule has 0 aliphatic carbocycles. The molecular weight excluding hydrogens is 303 g/mol. The van der Waals surface area contributed by atoms with Crippen LogP contribution >= 0.6 is 24.8 Å². The number of fused-ring (bicyclic) bond motifs is 1. The van der Waals surface area contributed by atoms with Crippen LogP contribution in [-0.4, -0.2) is 31.1 Å². The van der Waals surface area contributed by atoms with Crippen molar-refractivity contribution in [3.63, 3.8) is 0 Å². The maximum Gasteiger partial charge on any atom is 0.337 e. The van der Waals surface area contributed by atoms with Crippen LogP contribution in [0.1, 0.15) is 10.4 Å². The van der Waals surface area contributed by atoms with Gasteiger partial charge in [-0.1, -0.05) is 12.1 Å². The number of aromatic amines is 1. The lowest BCUT2D eigenvalue weighted by molar-refractivity contribution is 0.0699. The number of carboxylic acids is 1. The molecule has 0 saturated heterocycles. The predicted molar refractivity (Wildman–Crippen MR) is 79.8 cm³/mol. The van der Waals surface area contributed by atoms with E-state index in [0.29, 0.717) is 11.2 Å². The number of rotatable bonds is 2. The number of carbonyl (C=O) groups is 1. The summed E-state index contributed by atoms with van der Waals surface area (Å²) >= 11 is 0. The summed E-state index contributed by atoms with van der Waals surface area (Å²) in [6.45, 7) is 0. The van der Waals surface area contributed by atoms with E-state index in [1.54, 1.807) is 23.0 Å². The van der Waals surface area contributed by atoms with Gasteiger partial charge in [-0.3, -0.25) is 9.78 Å². The van der Waals surface area contributed by atoms with Gasteiger partial charge in [0.1, 0.15) is 5.69 Å². The number of H-pyrrole nitrogens is 1. The second kappa shape index (κ2) is 5.94. The van der Waals surface area contributed by atoms with E-state index < -0.39 is 5.97 Å². The van der Waals surface area contributed by atoms with E-state index >= 15 is 0 Å². The first-order chi connectivity index (χ1) is 8.66. The lowest BCUT2D eigenvalue weighted by Crippen LogP contribution is -1.96. The van der Waals surface area contributed by atoms with Crippen LogP contribution in [-0.2, 0) is 7.05 Å². The van der Waals surface area contributed by atoms with Gasteiger partial charge in [-0.15, -0.1) is 24.8 Å². The van der Waals surface area contributed by atoms with Gasteiger partial charge in [0, 0.05) is 24.2 Å². The molecule has 0 aliphatic rings. The molecule has 0 atom stereocenters. The van der Waals surface area contributed by atoms with Crippen molar-refractivity contribution in [2.75, 3.05) is 0 Å². The summed E-state index contributed by atoms with van der Waals surface area (Å²) in [5, 5.41) is 20.9. The minimum absolute atomic E-state index is 0. The van der Waals surface area contributed by atoms with Crippen molar-refractivity contribution in [1.82, 2.24) is 20.0 Å². The number of aryl methyl sites for hydroxylation is 1. The molecule has 0 bridgehead atoms. The molecule has 3 rings (SSSR count). The second-order valence-corrected chi connectivity index (χ2v) is 4.01. The van der Waals surface area contributed by atoms with Gasteiger partial charge in [0.05, 0.1) is 17.3 Å². The van der Waals surface area contributed by atoms with E-state index in [1.165, 1.54) is 0 Å². The number of nitrogens with zero attached hydrogens (tertiary/aromatic N) is 3. The molecule has 0 amide bonds. The lowest BCUT2D eigenvalue weighted by Gasteiger charge is -1.96. The molecular formula is C12H12Cl2N4O2. The van der Waals surface area contributed by atoms with Gasteiger partial charge in [-0.05, 0) is 6.07 Å². The molecule has 1 aromatic carbocycles. The molecule has 0 aliphatic heterocycles. The van der Waals surface area contributed by atoms with Gasteiger partial charge < -0.3 is 5.11 Å². The van der Waals surface area contributed by atoms with Crippen molar-refractivity contribution in [3.05, 3.63) is 36.2 Å². The van der Waals surface area contributed by atoms with Crippen LogP contribution in [0.25, 0.3) is 22.2 Å². The number of hydrogen-bond donors (Lipinski definition) is 2. The topological polar surface area (TPSA) is 83.8 Å². The van der Waals surface area contributed by atoms with E-state index in [0.717, 1.165) is 10.9 Å². The van der Waals surface area contributed by atoms with E-state index in [9.17, 15) is 4.79 Å². The summed E-state index contributed by atoms with van der Waals surface area (Å²) in [6.07, 6.45) is 3.53. The maximum absolute atomic E-state index is 11.1. The fourth-order valence-electron chi connectivity index (χ4n) is 1.98. The van der Waals surface area contributed by atoms with Crippen LogP contribution in [0.5, 0.6) is 0 Å². The first kappa shape index (κ1) is 16.0. The Morgan fingerprint density at radius 1 is 1.35 bits per heavy atom. The number of hydrogen-bond acceptors (Lipinski definition) is 3. The molecule has 0 unspecified atom stereocenters. The summed E-state index contributed by atoms with van der Waals surface area (Å²) in [7, 11) is 1.82. The van der Waals surface area contributed by atoms with Gasteiger partial charge in [-0.2, -0.15) is 10.2 Å². The summed E-state index contributed by atoms with van der Waals surface area (Å²) < 4.78 is 1.68. The first-order valence-electron chi connectivity index (χ1n) is 5.36.